The molecule has 92 valence electrons. The molecule has 0 aromatic carbocycles. The quantitative estimate of drug-likeness (QED) is 0.875. The minimum Gasteiger partial charge on any atom is -0.320 e. The van der Waals surface area contributed by atoms with E-state index in [1.165, 1.54) is 11.3 Å². The number of carbonyl (C=O) groups excluding carboxylic acids is 1. The van der Waals surface area contributed by atoms with Gasteiger partial charge in [-0.25, -0.2) is 4.98 Å². The molecule has 1 heterocycles. The first-order valence-electron chi connectivity index (χ1n) is 5.03. The zero-order chi connectivity index (χ0) is 11.4. The minimum atomic E-state index is -0.459. The van der Waals surface area contributed by atoms with Crippen molar-refractivity contribution in [3.05, 3.63) is 11.1 Å². The van der Waals surface area contributed by atoms with Gasteiger partial charge >= 0.3 is 0 Å². The van der Waals surface area contributed by atoms with Crippen LogP contribution in [0.1, 0.15) is 26.0 Å². The lowest BCUT2D eigenvalue weighted by Gasteiger charge is -2.16. The Kier molecular flexibility index (Phi) is 6.55. The van der Waals surface area contributed by atoms with Crippen LogP contribution in [0.15, 0.2) is 5.38 Å². The van der Waals surface area contributed by atoms with Crippen LogP contribution < -0.4 is 11.1 Å². The smallest absolute Gasteiger partial charge is 0.243 e. The van der Waals surface area contributed by atoms with Crippen LogP contribution in [0.3, 0.4) is 0 Å². The summed E-state index contributed by atoms with van der Waals surface area (Å²) in [5, 5.41) is 5.24. The predicted molar refractivity (Wildman–Crippen MR) is 70.2 cm³/mol. The number of hydrogen-bond acceptors (Lipinski definition) is 4. The van der Waals surface area contributed by atoms with E-state index in [9.17, 15) is 4.79 Å². The van der Waals surface area contributed by atoms with E-state index < -0.39 is 6.04 Å². The molecular formula is C10H18ClN3OS. The van der Waals surface area contributed by atoms with Gasteiger partial charge in [0.1, 0.15) is 0 Å². The molecular weight excluding hydrogens is 246 g/mol. The van der Waals surface area contributed by atoms with Gasteiger partial charge in [-0.05, 0) is 12.8 Å². The van der Waals surface area contributed by atoms with E-state index >= 15 is 0 Å². The van der Waals surface area contributed by atoms with E-state index in [1.54, 1.807) is 0 Å². The highest BCUT2D eigenvalue weighted by atomic mass is 35.5. The van der Waals surface area contributed by atoms with E-state index in [-0.39, 0.29) is 24.2 Å². The summed E-state index contributed by atoms with van der Waals surface area (Å²) >= 11 is 1.42. The number of aromatic nitrogens is 1. The maximum atomic E-state index is 11.7. The highest BCUT2D eigenvalue weighted by molar-refractivity contribution is 7.13. The number of aryl methyl sites for hydroxylation is 1. The van der Waals surface area contributed by atoms with Gasteiger partial charge in [0.2, 0.25) is 5.91 Å². The van der Waals surface area contributed by atoms with Crippen molar-refractivity contribution in [1.82, 2.24) is 4.98 Å². The molecule has 0 fully saturated rings. The Morgan fingerprint density at radius 3 is 2.75 bits per heavy atom. The molecule has 0 aliphatic carbocycles. The third kappa shape index (κ3) is 4.08. The molecule has 0 bridgehead atoms. The van der Waals surface area contributed by atoms with Crippen LogP contribution >= 0.6 is 23.7 Å². The van der Waals surface area contributed by atoms with Crippen LogP contribution in [0.4, 0.5) is 5.13 Å². The maximum Gasteiger partial charge on any atom is 0.243 e. The number of nitrogens with zero attached hydrogens (tertiary/aromatic N) is 1. The highest BCUT2D eigenvalue weighted by Crippen LogP contribution is 2.15. The third-order valence-electron chi connectivity index (χ3n) is 2.41. The number of carbonyl (C=O) groups is 1. The average molecular weight is 264 g/mol. The number of thiazole rings is 1. The molecule has 0 spiro atoms. The second kappa shape index (κ2) is 6.83. The Labute approximate surface area is 106 Å². The van der Waals surface area contributed by atoms with Gasteiger partial charge in [0, 0.05) is 5.38 Å². The number of amides is 1. The molecule has 3 N–H and O–H groups in total. The Morgan fingerprint density at radius 2 is 2.31 bits per heavy atom. The van der Waals surface area contributed by atoms with Crippen molar-refractivity contribution in [3.63, 3.8) is 0 Å². The lowest BCUT2D eigenvalue weighted by atomic mass is 10.00. The molecule has 0 radical (unpaired) electrons. The zero-order valence-corrected chi connectivity index (χ0v) is 11.3. The Bertz CT molecular complexity index is 343. The molecule has 1 aromatic rings. The molecule has 0 saturated carbocycles. The summed E-state index contributed by atoms with van der Waals surface area (Å²) in [6, 6.07) is -0.459. The molecule has 2 unspecified atom stereocenters. The lowest BCUT2D eigenvalue weighted by molar-refractivity contribution is -0.118. The Morgan fingerprint density at radius 1 is 1.69 bits per heavy atom. The first kappa shape index (κ1) is 15.3. The first-order valence-corrected chi connectivity index (χ1v) is 5.91. The molecule has 1 aromatic heterocycles. The summed E-state index contributed by atoms with van der Waals surface area (Å²) < 4.78 is 0. The Hall–Kier alpha value is -0.650. The van der Waals surface area contributed by atoms with Crippen LogP contribution in [0, 0.1) is 12.8 Å². The van der Waals surface area contributed by atoms with E-state index in [4.69, 9.17) is 5.73 Å². The number of nitrogens with one attached hydrogen (secondary N) is 1. The van der Waals surface area contributed by atoms with E-state index in [0.29, 0.717) is 5.13 Å². The fourth-order valence-corrected chi connectivity index (χ4v) is 1.80. The first-order chi connectivity index (χ1) is 7.04. The number of anilines is 1. The van der Waals surface area contributed by atoms with Crippen molar-refractivity contribution < 1.29 is 4.79 Å². The van der Waals surface area contributed by atoms with Gasteiger partial charge in [-0.3, -0.25) is 4.79 Å². The van der Waals surface area contributed by atoms with Crippen molar-refractivity contribution in [2.24, 2.45) is 11.7 Å². The van der Waals surface area contributed by atoms with Gasteiger partial charge < -0.3 is 11.1 Å². The van der Waals surface area contributed by atoms with Crippen molar-refractivity contribution in [3.8, 4) is 0 Å². The van der Waals surface area contributed by atoms with Gasteiger partial charge in [0.05, 0.1) is 11.7 Å². The second-order valence-corrected chi connectivity index (χ2v) is 4.55. The summed E-state index contributed by atoms with van der Waals surface area (Å²) in [5.74, 6) is 0.0322. The highest BCUT2D eigenvalue weighted by Gasteiger charge is 2.19. The maximum absolute atomic E-state index is 11.7. The number of hydrogen-bond donors (Lipinski definition) is 2. The lowest BCUT2D eigenvalue weighted by Crippen LogP contribution is -2.40. The van der Waals surface area contributed by atoms with Gasteiger partial charge in [0.25, 0.3) is 0 Å². The van der Waals surface area contributed by atoms with Gasteiger partial charge in [-0.2, -0.15) is 0 Å². The normalized spacial score (nSPS) is 13.8. The molecule has 0 aliphatic rings. The molecule has 0 saturated heterocycles. The summed E-state index contributed by atoms with van der Waals surface area (Å²) in [4.78, 5) is 15.8. The van der Waals surface area contributed by atoms with E-state index in [2.05, 4.69) is 10.3 Å². The zero-order valence-electron chi connectivity index (χ0n) is 9.69. The molecule has 0 aliphatic heterocycles. The summed E-state index contributed by atoms with van der Waals surface area (Å²) in [6.45, 7) is 5.88. The molecule has 1 amide bonds. The number of halogens is 1. The molecule has 1 rings (SSSR count). The number of nitrogens with two attached hydrogens (primary N) is 1. The van der Waals surface area contributed by atoms with Crippen molar-refractivity contribution in [1.29, 1.82) is 0 Å². The fourth-order valence-electron chi connectivity index (χ4n) is 1.11. The van der Waals surface area contributed by atoms with E-state index in [0.717, 1.165) is 12.1 Å². The van der Waals surface area contributed by atoms with E-state index in [1.807, 2.05) is 26.2 Å². The topological polar surface area (TPSA) is 68.0 Å². The molecule has 2 atom stereocenters. The summed E-state index contributed by atoms with van der Waals surface area (Å²) in [5.41, 5.74) is 6.70. The standard InChI is InChI=1S/C10H17N3OS.ClH/c1-4-6(2)8(11)9(14)13-10-12-7(3)5-15-10;/h5-6,8H,4,11H2,1-3H3,(H,12,13,14);1H. The molecule has 4 nitrogen and oxygen atoms in total. The monoisotopic (exact) mass is 263 g/mol. The van der Waals surface area contributed by atoms with Crippen LogP contribution in [0.25, 0.3) is 0 Å². The molecule has 6 heteroatoms. The largest absolute Gasteiger partial charge is 0.320 e. The number of rotatable bonds is 4. The summed E-state index contributed by atoms with van der Waals surface area (Å²) in [6.07, 6.45) is 0.894. The van der Waals surface area contributed by atoms with Crippen LogP contribution in [0.2, 0.25) is 0 Å². The minimum absolute atomic E-state index is 0. The van der Waals surface area contributed by atoms with Crippen molar-refractivity contribution >= 4 is 34.8 Å². The van der Waals surface area contributed by atoms with Gasteiger partial charge in [-0.1, -0.05) is 20.3 Å². The average Bonchev–Trinajstić information content (AvgIpc) is 2.61. The van der Waals surface area contributed by atoms with Gasteiger partial charge in [0.15, 0.2) is 5.13 Å². The Balaban J connectivity index is 0.00000225. The van der Waals surface area contributed by atoms with Gasteiger partial charge in [-0.15, -0.1) is 23.7 Å². The van der Waals surface area contributed by atoms with Crippen LogP contribution in [-0.2, 0) is 4.79 Å². The predicted octanol–water partition coefficient (Wildman–Crippen LogP) is 2.19. The SMILES string of the molecule is CCC(C)C(N)C(=O)Nc1nc(C)cs1.Cl. The fraction of sp³-hybridized carbons (Fsp3) is 0.600. The third-order valence-corrected chi connectivity index (χ3v) is 3.28. The molecule has 16 heavy (non-hydrogen) atoms. The van der Waals surface area contributed by atoms with Crippen LogP contribution in [0.5, 0.6) is 0 Å². The van der Waals surface area contributed by atoms with Crippen molar-refractivity contribution in [2.75, 3.05) is 5.32 Å². The summed E-state index contributed by atoms with van der Waals surface area (Å²) in [7, 11) is 0. The second-order valence-electron chi connectivity index (χ2n) is 3.69. The van der Waals surface area contributed by atoms with Crippen LogP contribution in [-0.4, -0.2) is 16.9 Å². The van der Waals surface area contributed by atoms with Crippen molar-refractivity contribution in [2.45, 2.75) is 33.2 Å².